The van der Waals surface area contributed by atoms with Gasteiger partial charge in [0, 0.05) is 17.3 Å². The number of amides is 1. The van der Waals surface area contributed by atoms with Crippen molar-refractivity contribution in [3.8, 4) is 0 Å². The molecule has 0 bridgehead atoms. The number of alkyl halides is 3. The number of nitrogens with zero attached hydrogens (tertiary/aromatic N) is 1. The van der Waals surface area contributed by atoms with Gasteiger partial charge in [0.05, 0.1) is 6.42 Å². The zero-order valence-corrected chi connectivity index (χ0v) is 11.3. The molecule has 1 aromatic rings. The normalized spacial score (nSPS) is 13.2. The summed E-state index contributed by atoms with van der Waals surface area (Å²) in [6.07, 6.45) is -4.80. The lowest BCUT2D eigenvalue weighted by atomic mass is 10.1. The molecular formula is C12H14ClF3N2O. The Bertz CT molecular complexity index is 463. The molecule has 3 nitrogen and oxygen atoms in total. The molecule has 0 saturated carbocycles. The van der Waals surface area contributed by atoms with Gasteiger partial charge in [-0.15, -0.1) is 0 Å². The van der Waals surface area contributed by atoms with Gasteiger partial charge in [0.2, 0.25) is 0 Å². The Hall–Kier alpha value is -1.30. The van der Waals surface area contributed by atoms with Gasteiger partial charge in [-0.05, 0) is 25.5 Å². The van der Waals surface area contributed by atoms with Crippen LogP contribution in [0, 0.1) is 0 Å². The maximum atomic E-state index is 12.2. The first-order chi connectivity index (χ1) is 8.71. The number of carbonyl (C=O) groups is 1. The molecule has 1 aromatic heterocycles. The van der Waals surface area contributed by atoms with E-state index in [0.717, 1.165) is 0 Å². The van der Waals surface area contributed by atoms with Crippen molar-refractivity contribution in [2.45, 2.75) is 38.9 Å². The second kappa shape index (κ2) is 6.23. The van der Waals surface area contributed by atoms with Gasteiger partial charge < -0.3 is 5.32 Å². The lowest BCUT2D eigenvalue weighted by Crippen LogP contribution is -2.36. The predicted octanol–water partition coefficient (Wildman–Crippen LogP) is 3.37. The minimum absolute atomic E-state index is 0.146. The van der Waals surface area contributed by atoms with E-state index < -0.39 is 24.5 Å². The average molecular weight is 295 g/mol. The highest BCUT2D eigenvalue weighted by molar-refractivity contribution is 6.29. The maximum absolute atomic E-state index is 12.2. The van der Waals surface area contributed by atoms with Crippen molar-refractivity contribution in [2.75, 3.05) is 0 Å². The van der Waals surface area contributed by atoms with Gasteiger partial charge in [-0.1, -0.05) is 18.5 Å². The fourth-order valence-corrected chi connectivity index (χ4v) is 1.79. The maximum Gasteiger partial charge on any atom is 0.391 e. The Morgan fingerprint density at radius 3 is 2.63 bits per heavy atom. The molecule has 7 heteroatoms. The van der Waals surface area contributed by atoms with Crippen LogP contribution in [0.4, 0.5) is 13.2 Å². The minimum atomic E-state index is -4.31. The second-order valence-electron chi connectivity index (χ2n) is 4.22. The summed E-state index contributed by atoms with van der Waals surface area (Å²) in [6.45, 7) is 3.14. The molecular weight excluding hydrogens is 281 g/mol. The molecule has 1 rings (SSSR count). The highest BCUT2D eigenvalue weighted by Gasteiger charge is 2.30. The zero-order chi connectivity index (χ0) is 14.6. The number of rotatable bonds is 4. The molecule has 0 radical (unpaired) electrons. The van der Waals surface area contributed by atoms with Crippen LogP contribution in [-0.2, 0) is 6.42 Å². The van der Waals surface area contributed by atoms with E-state index in [2.05, 4.69) is 10.3 Å². The van der Waals surface area contributed by atoms with E-state index >= 15 is 0 Å². The van der Waals surface area contributed by atoms with E-state index in [1.807, 2.05) is 6.92 Å². The summed E-state index contributed by atoms with van der Waals surface area (Å²) in [4.78, 5) is 15.8. The largest absolute Gasteiger partial charge is 0.391 e. The first-order valence-electron chi connectivity index (χ1n) is 5.75. The van der Waals surface area contributed by atoms with Crippen LogP contribution < -0.4 is 5.32 Å². The Morgan fingerprint density at radius 1 is 1.47 bits per heavy atom. The van der Waals surface area contributed by atoms with Gasteiger partial charge in [-0.3, -0.25) is 4.79 Å². The average Bonchev–Trinajstić information content (AvgIpc) is 2.25. The third-order valence-corrected chi connectivity index (χ3v) is 2.58. The number of hydrogen-bond donors (Lipinski definition) is 1. The number of carbonyl (C=O) groups excluding carboxylic acids is 1. The lowest BCUT2D eigenvalue weighted by Gasteiger charge is -2.16. The molecule has 0 saturated heterocycles. The van der Waals surface area contributed by atoms with Crippen LogP contribution in [0.2, 0.25) is 5.15 Å². The molecule has 1 N–H and O–H groups in total. The first-order valence-corrected chi connectivity index (χ1v) is 6.13. The number of aryl methyl sites for hydroxylation is 1. The second-order valence-corrected chi connectivity index (χ2v) is 4.60. The zero-order valence-electron chi connectivity index (χ0n) is 10.5. The van der Waals surface area contributed by atoms with Crippen molar-refractivity contribution in [1.82, 2.24) is 10.3 Å². The van der Waals surface area contributed by atoms with Gasteiger partial charge in [-0.2, -0.15) is 13.2 Å². The highest BCUT2D eigenvalue weighted by atomic mass is 35.5. The topological polar surface area (TPSA) is 42.0 Å². The van der Waals surface area contributed by atoms with Crippen LogP contribution >= 0.6 is 11.6 Å². The SMILES string of the molecule is CCc1cc(C(=O)NC(C)CC(F)(F)F)cc(Cl)n1. The summed E-state index contributed by atoms with van der Waals surface area (Å²) in [7, 11) is 0. The van der Waals surface area contributed by atoms with Crippen LogP contribution in [0.3, 0.4) is 0 Å². The van der Waals surface area contributed by atoms with Crippen LogP contribution in [0.25, 0.3) is 0 Å². The molecule has 0 aliphatic heterocycles. The van der Waals surface area contributed by atoms with E-state index in [4.69, 9.17) is 11.6 Å². The minimum Gasteiger partial charge on any atom is -0.349 e. The van der Waals surface area contributed by atoms with E-state index in [9.17, 15) is 18.0 Å². The van der Waals surface area contributed by atoms with Crippen molar-refractivity contribution < 1.29 is 18.0 Å². The molecule has 0 aromatic carbocycles. The third-order valence-electron chi connectivity index (χ3n) is 2.39. The summed E-state index contributed by atoms with van der Waals surface area (Å²) >= 11 is 5.74. The number of aromatic nitrogens is 1. The van der Waals surface area contributed by atoms with Gasteiger partial charge in [-0.25, -0.2) is 4.98 Å². The molecule has 1 heterocycles. The smallest absolute Gasteiger partial charge is 0.349 e. The molecule has 1 unspecified atom stereocenters. The van der Waals surface area contributed by atoms with Gasteiger partial charge in [0.15, 0.2) is 0 Å². The standard InChI is InChI=1S/C12H14ClF3N2O/c1-3-9-4-8(5-10(13)18-9)11(19)17-7(2)6-12(14,15)16/h4-5,7H,3,6H2,1-2H3,(H,17,19). The Kier molecular flexibility index (Phi) is 5.17. The first kappa shape index (κ1) is 15.8. The van der Waals surface area contributed by atoms with Crippen molar-refractivity contribution in [1.29, 1.82) is 0 Å². The summed E-state index contributed by atoms with van der Waals surface area (Å²) in [6, 6.07) is 1.85. The van der Waals surface area contributed by atoms with Crippen molar-refractivity contribution in [3.05, 3.63) is 28.5 Å². The monoisotopic (exact) mass is 294 g/mol. The Balaban J connectivity index is 2.75. The number of hydrogen-bond acceptors (Lipinski definition) is 2. The van der Waals surface area contributed by atoms with E-state index in [1.54, 1.807) is 0 Å². The number of pyridine rings is 1. The molecule has 1 atom stereocenters. The van der Waals surface area contributed by atoms with Gasteiger partial charge in [0.25, 0.3) is 5.91 Å². The van der Waals surface area contributed by atoms with Gasteiger partial charge >= 0.3 is 6.18 Å². The van der Waals surface area contributed by atoms with Crippen LogP contribution in [0.5, 0.6) is 0 Å². The Morgan fingerprint density at radius 2 is 2.11 bits per heavy atom. The lowest BCUT2D eigenvalue weighted by molar-refractivity contribution is -0.138. The third kappa shape index (κ3) is 5.46. The van der Waals surface area contributed by atoms with E-state index in [-0.39, 0.29) is 10.7 Å². The summed E-state index contributed by atoms with van der Waals surface area (Å²) in [5.74, 6) is -0.587. The van der Waals surface area contributed by atoms with Crippen LogP contribution in [0.15, 0.2) is 12.1 Å². The van der Waals surface area contributed by atoms with Gasteiger partial charge in [0.1, 0.15) is 5.15 Å². The fraction of sp³-hybridized carbons (Fsp3) is 0.500. The Labute approximate surface area is 114 Å². The van der Waals surface area contributed by atoms with Crippen LogP contribution in [-0.4, -0.2) is 23.1 Å². The molecule has 106 valence electrons. The van der Waals surface area contributed by atoms with Crippen molar-refractivity contribution in [2.24, 2.45) is 0 Å². The summed E-state index contributed by atoms with van der Waals surface area (Å²) in [5.41, 5.74) is 0.826. The van der Waals surface area contributed by atoms with Crippen molar-refractivity contribution >= 4 is 17.5 Å². The molecule has 1 amide bonds. The fourth-order valence-electron chi connectivity index (χ4n) is 1.57. The highest BCUT2D eigenvalue weighted by Crippen LogP contribution is 2.21. The molecule has 0 aliphatic carbocycles. The number of halogens is 4. The quantitative estimate of drug-likeness (QED) is 0.865. The molecule has 19 heavy (non-hydrogen) atoms. The van der Waals surface area contributed by atoms with Crippen molar-refractivity contribution in [3.63, 3.8) is 0 Å². The number of nitrogens with one attached hydrogen (secondary N) is 1. The van der Waals surface area contributed by atoms with E-state index in [0.29, 0.717) is 12.1 Å². The molecule has 0 fully saturated rings. The van der Waals surface area contributed by atoms with Crippen LogP contribution in [0.1, 0.15) is 36.3 Å². The van der Waals surface area contributed by atoms with E-state index in [1.165, 1.54) is 19.1 Å². The molecule has 0 spiro atoms. The molecule has 0 aliphatic rings. The summed E-state index contributed by atoms with van der Waals surface area (Å²) < 4.78 is 36.5. The predicted molar refractivity (Wildman–Crippen MR) is 66.2 cm³/mol. The summed E-state index contributed by atoms with van der Waals surface area (Å²) in [5, 5.41) is 2.43.